The average Bonchev–Trinajstić information content (AvgIpc) is 2.76. The highest BCUT2D eigenvalue weighted by molar-refractivity contribution is 5.74. The molecule has 2 heterocycles. The fourth-order valence-electron chi connectivity index (χ4n) is 3.02. The molecule has 1 aliphatic rings. The topological polar surface area (TPSA) is 90.0 Å². The van der Waals surface area contributed by atoms with Crippen molar-refractivity contribution in [3.05, 3.63) is 65.4 Å². The summed E-state index contributed by atoms with van der Waals surface area (Å²) in [7, 11) is 0. The van der Waals surface area contributed by atoms with Gasteiger partial charge in [0.25, 0.3) is 0 Å². The Morgan fingerprint density at radius 2 is 2.11 bits per heavy atom. The number of hydrogen-bond donors (Lipinski definition) is 1. The Hall–Kier alpha value is -3.19. The predicted octanol–water partition coefficient (Wildman–Crippen LogP) is 3.62. The Labute approximate surface area is 164 Å². The van der Waals surface area contributed by atoms with Gasteiger partial charge in [0.1, 0.15) is 6.61 Å². The first-order valence-corrected chi connectivity index (χ1v) is 9.24. The lowest BCUT2D eigenvalue weighted by Crippen LogP contribution is -2.36. The Morgan fingerprint density at radius 1 is 1.29 bits per heavy atom. The number of carbonyl (C=O) groups excluding carboxylic acids is 1. The molecule has 0 unspecified atom stereocenters. The predicted molar refractivity (Wildman–Crippen MR) is 108 cm³/mol. The number of nitrogens with two attached hydrogens (primary N) is 1. The van der Waals surface area contributed by atoms with Gasteiger partial charge in [0.15, 0.2) is 5.82 Å². The first-order chi connectivity index (χ1) is 13.7. The minimum Gasteiger partial charge on any atom is -0.445 e. The van der Waals surface area contributed by atoms with E-state index in [0.717, 1.165) is 41.6 Å². The van der Waals surface area contributed by atoms with E-state index in [0.29, 0.717) is 18.9 Å². The fraction of sp³-hybridized carbons (Fsp3) is 0.286. The number of ether oxygens (including phenoxy) is 1. The summed E-state index contributed by atoms with van der Waals surface area (Å²) >= 11 is 0. The molecule has 3 rings (SSSR count). The third-order valence-electron chi connectivity index (χ3n) is 4.52. The molecule has 7 nitrogen and oxygen atoms in total. The highest BCUT2D eigenvalue weighted by Gasteiger charge is 2.21. The zero-order valence-electron chi connectivity index (χ0n) is 15.9. The van der Waals surface area contributed by atoms with Crippen LogP contribution >= 0.6 is 0 Å². The van der Waals surface area contributed by atoms with Gasteiger partial charge >= 0.3 is 6.09 Å². The third kappa shape index (κ3) is 4.95. The Morgan fingerprint density at radius 3 is 2.86 bits per heavy atom. The maximum atomic E-state index is 12.5. The van der Waals surface area contributed by atoms with Gasteiger partial charge in [0, 0.05) is 6.54 Å². The molecule has 1 aromatic heterocycles. The molecule has 2 N–H and O–H groups in total. The van der Waals surface area contributed by atoms with Gasteiger partial charge in [-0.25, -0.2) is 9.78 Å². The third-order valence-corrected chi connectivity index (χ3v) is 4.52. The van der Waals surface area contributed by atoms with E-state index in [4.69, 9.17) is 10.6 Å². The molecule has 0 atom stereocenters. The molecule has 0 saturated carbocycles. The van der Waals surface area contributed by atoms with Crippen LogP contribution < -0.4 is 5.90 Å². The van der Waals surface area contributed by atoms with Crippen molar-refractivity contribution in [1.29, 1.82) is 0 Å². The van der Waals surface area contributed by atoms with Crippen LogP contribution in [-0.4, -0.2) is 35.5 Å². The highest BCUT2D eigenvalue weighted by atomic mass is 16.6. The molecule has 0 fully saturated rings. The Kier molecular flexibility index (Phi) is 6.75. The van der Waals surface area contributed by atoms with Gasteiger partial charge in [-0.3, -0.25) is 0 Å². The largest absolute Gasteiger partial charge is 0.445 e. The van der Waals surface area contributed by atoms with E-state index < -0.39 is 0 Å². The first kappa shape index (κ1) is 19.6. The number of carbonyl (C=O) groups is 1. The zero-order valence-corrected chi connectivity index (χ0v) is 15.9. The molecular formula is C21H24N4O3. The summed E-state index contributed by atoms with van der Waals surface area (Å²) < 4.78 is 5.45. The van der Waals surface area contributed by atoms with Gasteiger partial charge < -0.3 is 14.5 Å². The van der Waals surface area contributed by atoms with Crippen LogP contribution in [0.5, 0.6) is 0 Å². The van der Waals surface area contributed by atoms with E-state index >= 15 is 0 Å². The van der Waals surface area contributed by atoms with Gasteiger partial charge in [0.2, 0.25) is 6.40 Å². The second-order valence-electron chi connectivity index (χ2n) is 6.38. The average molecular weight is 380 g/mol. The van der Waals surface area contributed by atoms with Crippen molar-refractivity contribution < 1.29 is 14.4 Å². The van der Waals surface area contributed by atoms with Crippen LogP contribution in [0, 0.1) is 0 Å². The smallest absolute Gasteiger partial charge is 0.410 e. The number of aliphatic imine (C=N–C) groups is 1. The van der Waals surface area contributed by atoms with Crippen molar-refractivity contribution >= 4 is 23.9 Å². The molecule has 0 saturated heterocycles. The van der Waals surface area contributed by atoms with Crippen LogP contribution in [0.1, 0.15) is 30.2 Å². The van der Waals surface area contributed by atoms with E-state index in [1.54, 1.807) is 4.90 Å². The maximum Gasteiger partial charge on any atom is 0.410 e. The van der Waals surface area contributed by atoms with Crippen LogP contribution in [0.4, 0.5) is 10.6 Å². The fourth-order valence-corrected chi connectivity index (χ4v) is 3.02. The molecule has 2 aromatic rings. The van der Waals surface area contributed by atoms with E-state index in [-0.39, 0.29) is 12.7 Å². The summed E-state index contributed by atoms with van der Waals surface area (Å²) in [6, 6.07) is 13.6. The highest BCUT2D eigenvalue weighted by Crippen LogP contribution is 2.25. The molecule has 1 aromatic carbocycles. The van der Waals surface area contributed by atoms with Crippen LogP contribution in [0.3, 0.4) is 0 Å². The van der Waals surface area contributed by atoms with Gasteiger partial charge in [-0.15, -0.1) is 0 Å². The number of aromatic nitrogens is 1. The van der Waals surface area contributed by atoms with Crippen LogP contribution in [0.15, 0.2) is 53.5 Å². The second-order valence-corrected chi connectivity index (χ2v) is 6.38. The van der Waals surface area contributed by atoms with Crippen LogP contribution in [0.2, 0.25) is 0 Å². The number of benzene rings is 1. The first-order valence-electron chi connectivity index (χ1n) is 9.24. The van der Waals surface area contributed by atoms with Crippen LogP contribution in [-0.2, 0) is 22.6 Å². The molecule has 1 aliphatic heterocycles. The van der Waals surface area contributed by atoms with Crippen molar-refractivity contribution in [3.8, 4) is 0 Å². The van der Waals surface area contributed by atoms with E-state index in [1.165, 1.54) is 0 Å². The number of hydrogen-bond acceptors (Lipinski definition) is 6. The van der Waals surface area contributed by atoms with Crippen molar-refractivity contribution in [2.24, 2.45) is 10.9 Å². The number of rotatable bonds is 6. The molecule has 7 heteroatoms. The quantitative estimate of drug-likeness (QED) is 0.470. The van der Waals surface area contributed by atoms with Gasteiger partial charge in [-0.2, -0.15) is 10.9 Å². The lowest BCUT2D eigenvalue weighted by atomic mass is 10.0. The van der Waals surface area contributed by atoms with Crippen molar-refractivity contribution in [1.82, 2.24) is 9.88 Å². The second kappa shape index (κ2) is 9.66. The Balaban J connectivity index is 1.68. The molecule has 0 radical (unpaired) electrons. The van der Waals surface area contributed by atoms with E-state index in [2.05, 4.69) is 20.9 Å². The SMILES string of the molecule is CCc1ccc(C2=CCCN(C(=O)OCc3ccccc3)C2)nc1/N=C\ON. The summed E-state index contributed by atoms with van der Waals surface area (Å²) in [6.45, 7) is 3.36. The number of amides is 1. The minimum atomic E-state index is -0.325. The molecule has 0 spiro atoms. The van der Waals surface area contributed by atoms with Gasteiger partial charge in [-0.1, -0.05) is 49.4 Å². The van der Waals surface area contributed by atoms with Gasteiger partial charge in [-0.05, 0) is 35.6 Å². The van der Waals surface area contributed by atoms with E-state index in [9.17, 15) is 4.79 Å². The molecule has 28 heavy (non-hydrogen) atoms. The number of aryl methyl sites for hydroxylation is 1. The van der Waals surface area contributed by atoms with Crippen molar-refractivity contribution in [2.75, 3.05) is 13.1 Å². The maximum absolute atomic E-state index is 12.5. The zero-order chi connectivity index (χ0) is 19.8. The summed E-state index contributed by atoms with van der Waals surface area (Å²) in [5.74, 6) is 5.59. The van der Waals surface area contributed by atoms with Crippen molar-refractivity contribution in [3.63, 3.8) is 0 Å². The lowest BCUT2D eigenvalue weighted by Gasteiger charge is -2.26. The number of nitrogens with zero attached hydrogens (tertiary/aromatic N) is 3. The number of pyridine rings is 1. The summed E-state index contributed by atoms with van der Waals surface area (Å²) in [5.41, 5.74) is 3.70. The Bertz CT molecular complexity index is 865. The molecule has 0 bridgehead atoms. The van der Waals surface area contributed by atoms with Gasteiger partial charge in [0.05, 0.1) is 12.2 Å². The standard InChI is InChI=1S/C21H24N4O3/c1-2-17-10-11-19(24-20(17)23-15-28-22)18-9-6-12-25(13-18)21(26)27-14-16-7-4-3-5-8-16/h3-5,7-11,15H,2,6,12-14,22H2,1H3/b23-15-. The molecule has 0 aliphatic carbocycles. The monoisotopic (exact) mass is 380 g/mol. The summed E-state index contributed by atoms with van der Waals surface area (Å²) in [6.07, 6.45) is 4.48. The molecule has 146 valence electrons. The van der Waals surface area contributed by atoms with Crippen molar-refractivity contribution in [2.45, 2.75) is 26.4 Å². The normalized spacial score (nSPS) is 14.1. The lowest BCUT2D eigenvalue weighted by molar-refractivity contribution is 0.100. The molecular weight excluding hydrogens is 356 g/mol. The summed E-state index contributed by atoms with van der Waals surface area (Å²) in [4.78, 5) is 27.3. The van der Waals surface area contributed by atoms with Crippen LogP contribution in [0.25, 0.3) is 5.57 Å². The van der Waals surface area contributed by atoms with E-state index in [1.807, 2.05) is 49.4 Å². The minimum absolute atomic E-state index is 0.261. The molecule has 1 amide bonds. The summed E-state index contributed by atoms with van der Waals surface area (Å²) in [5, 5.41) is 0.